The summed E-state index contributed by atoms with van der Waals surface area (Å²) in [5.74, 6) is -0.756. The predicted octanol–water partition coefficient (Wildman–Crippen LogP) is 5.49. The summed E-state index contributed by atoms with van der Waals surface area (Å²) >= 11 is 0. The topological polar surface area (TPSA) is 128 Å². The van der Waals surface area contributed by atoms with E-state index in [-0.39, 0.29) is 37.0 Å². The van der Waals surface area contributed by atoms with Crippen LogP contribution in [0.1, 0.15) is 28.2 Å². The third-order valence-electron chi connectivity index (χ3n) is 6.82. The van der Waals surface area contributed by atoms with Gasteiger partial charge in [-0.25, -0.2) is 9.59 Å². The number of phenolic OH excluding ortho intramolecular Hbond substituents is 1. The third-order valence-corrected chi connectivity index (χ3v) is 6.82. The average molecular weight is 539 g/mol. The number of nitro benzene ring substituents is 1. The Balaban J connectivity index is 1.26. The number of ether oxygens (including phenoxy) is 2. The minimum Gasteiger partial charge on any atom is -0.508 e. The largest absolute Gasteiger partial charge is 0.508 e. The number of alkyl carbamates (subject to hydrolysis) is 1. The number of aromatic hydroxyl groups is 1. The minimum atomic E-state index is -1.07. The first-order valence-corrected chi connectivity index (χ1v) is 12.7. The zero-order chi connectivity index (χ0) is 28.1. The van der Waals surface area contributed by atoms with Crippen LogP contribution in [0.25, 0.3) is 11.1 Å². The zero-order valence-corrected chi connectivity index (χ0v) is 21.4. The molecule has 0 bridgehead atoms. The molecule has 0 unspecified atom stereocenters. The standard InChI is InChI=1S/C31H26N2O7/c34-23-15-11-20(12-16-23)17-29(30(35)39-18-21-9-13-22(14-10-21)33(37)38)32-31(36)40-19-28-26-7-3-1-5-24(26)25-6-2-4-8-27(25)28/h1-16,28-29,34H,17-19H2,(H,32,36)/t29-/m0/s1. The molecule has 0 saturated carbocycles. The van der Waals surface area contributed by atoms with Gasteiger partial charge in [-0.05, 0) is 57.6 Å². The fourth-order valence-corrected chi connectivity index (χ4v) is 4.81. The predicted molar refractivity (Wildman–Crippen MR) is 147 cm³/mol. The van der Waals surface area contributed by atoms with Gasteiger partial charge in [0.2, 0.25) is 0 Å². The number of nitrogens with zero attached hydrogens (tertiary/aromatic N) is 1. The normalized spacial score (nSPS) is 12.6. The summed E-state index contributed by atoms with van der Waals surface area (Å²) in [7, 11) is 0. The average Bonchev–Trinajstić information content (AvgIpc) is 3.29. The lowest BCUT2D eigenvalue weighted by atomic mass is 9.98. The molecule has 0 saturated heterocycles. The van der Waals surface area contributed by atoms with Gasteiger partial charge in [-0.2, -0.15) is 0 Å². The van der Waals surface area contributed by atoms with Crippen LogP contribution in [0.2, 0.25) is 0 Å². The molecule has 40 heavy (non-hydrogen) atoms. The molecular weight excluding hydrogens is 512 g/mol. The molecule has 9 heteroatoms. The summed E-state index contributed by atoms with van der Waals surface area (Å²) < 4.78 is 11.0. The van der Waals surface area contributed by atoms with Crippen LogP contribution in [0.15, 0.2) is 97.1 Å². The Kier molecular flexibility index (Phi) is 7.72. The maximum atomic E-state index is 13.0. The fraction of sp³-hybridized carbons (Fsp3) is 0.161. The number of esters is 1. The molecule has 1 atom stereocenters. The van der Waals surface area contributed by atoms with Crippen molar-refractivity contribution in [2.45, 2.75) is 25.0 Å². The number of carbonyl (C=O) groups is 2. The lowest BCUT2D eigenvalue weighted by Gasteiger charge is -2.19. The number of rotatable bonds is 9. The maximum Gasteiger partial charge on any atom is 0.407 e. The maximum absolute atomic E-state index is 13.0. The highest BCUT2D eigenvalue weighted by molar-refractivity contribution is 5.82. The van der Waals surface area contributed by atoms with Gasteiger partial charge in [0.15, 0.2) is 0 Å². The van der Waals surface area contributed by atoms with Crippen molar-refractivity contribution in [1.29, 1.82) is 0 Å². The first kappa shape index (κ1) is 26.4. The van der Waals surface area contributed by atoms with Gasteiger partial charge in [-0.15, -0.1) is 0 Å². The Morgan fingerprint density at radius 2 is 1.40 bits per heavy atom. The molecule has 1 amide bonds. The van der Waals surface area contributed by atoms with E-state index in [0.29, 0.717) is 11.1 Å². The molecule has 0 aliphatic heterocycles. The monoisotopic (exact) mass is 538 g/mol. The van der Waals surface area contributed by atoms with Crippen molar-refractivity contribution in [3.63, 3.8) is 0 Å². The number of amides is 1. The van der Waals surface area contributed by atoms with Gasteiger partial charge in [0.25, 0.3) is 5.69 Å². The van der Waals surface area contributed by atoms with Crippen LogP contribution in [-0.2, 0) is 27.3 Å². The van der Waals surface area contributed by atoms with Gasteiger partial charge in [-0.1, -0.05) is 60.7 Å². The Morgan fingerprint density at radius 1 is 0.825 bits per heavy atom. The van der Waals surface area contributed by atoms with Gasteiger partial charge in [0, 0.05) is 24.5 Å². The van der Waals surface area contributed by atoms with Gasteiger partial charge >= 0.3 is 12.1 Å². The SMILES string of the molecule is O=C(N[C@@H](Cc1ccc(O)cc1)C(=O)OCc1ccc([N+](=O)[O-])cc1)OCC1c2ccccc2-c2ccccc21. The molecule has 0 aromatic heterocycles. The van der Waals surface area contributed by atoms with Crippen molar-refractivity contribution in [2.24, 2.45) is 0 Å². The molecule has 4 aromatic carbocycles. The Morgan fingerprint density at radius 3 is 2.00 bits per heavy atom. The molecular formula is C31H26N2O7. The van der Waals surface area contributed by atoms with Crippen molar-refractivity contribution in [2.75, 3.05) is 6.61 Å². The van der Waals surface area contributed by atoms with E-state index < -0.39 is 23.0 Å². The van der Waals surface area contributed by atoms with Crippen molar-refractivity contribution < 1.29 is 29.1 Å². The molecule has 9 nitrogen and oxygen atoms in total. The van der Waals surface area contributed by atoms with Gasteiger partial charge < -0.3 is 19.9 Å². The number of nitrogens with one attached hydrogen (secondary N) is 1. The number of hydrogen-bond acceptors (Lipinski definition) is 7. The number of benzene rings is 4. The van der Waals surface area contributed by atoms with Crippen molar-refractivity contribution in [3.8, 4) is 16.9 Å². The zero-order valence-electron chi connectivity index (χ0n) is 21.4. The Labute approximate surface area is 230 Å². The van der Waals surface area contributed by atoms with Crippen molar-refractivity contribution >= 4 is 17.7 Å². The van der Waals surface area contributed by atoms with Crippen LogP contribution in [0.5, 0.6) is 5.75 Å². The van der Waals surface area contributed by atoms with E-state index in [2.05, 4.69) is 5.32 Å². The van der Waals surface area contributed by atoms with Crippen LogP contribution in [0, 0.1) is 10.1 Å². The number of phenols is 1. The molecule has 202 valence electrons. The van der Waals surface area contributed by atoms with Crippen LogP contribution in [0.3, 0.4) is 0 Å². The highest BCUT2D eigenvalue weighted by atomic mass is 16.6. The molecule has 5 rings (SSSR count). The van der Waals surface area contributed by atoms with E-state index in [9.17, 15) is 24.8 Å². The molecule has 1 aliphatic carbocycles. The quantitative estimate of drug-likeness (QED) is 0.164. The van der Waals surface area contributed by atoms with E-state index in [1.54, 1.807) is 12.1 Å². The molecule has 4 aromatic rings. The van der Waals surface area contributed by atoms with Gasteiger partial charge in [-0.3, -0.25) is 10.1 Å². The van der Waals surface area contributed by atoms with Gasteiger partial charge in [0.05, 0.1) is 4.92 Å². The Hall–Kier alpha value is -5.18. The number of fused-ring (bicyclic) bond motifs is 3. The van der Waals surface area contributed by atoms with E-state index in [1.165, 1.54) is 36.4 Å². The molecule has 0 heterocycles. The molecule has 2 N–H and O–H groups in total. The second-order valence-electron chi connectivity index (χ2n) is 9.42. The second-order valence-corrected chi connectivity index (χ2v) is 9.42. The summed E-state index contributed by atoms with van der Waals surface area (Å²) in [5.41, 5.74) is 5.52. The number of hydrogen-bond donors (Lipinski definition) is 2. The second kappa shape index (κ2) is 11.7. The fourth-order valence-electron chi connectivity index (χ4n) is 4.81. The summed E-state index contributed by atoms with van der Waals surface area (Å²) in [4.78, 5) is 36.3. The lowest BCUT2D eigenvalue weighted by Crippen LogP contribution is -2.43. The van der Waals surface area contributed by atoms with E-state index in [0.717, 1.165) is 22.3 Å². The summed E-state index contributed by atoms with van der Waals surface area (Å²) in [6.07, 6.45) is -0.665. The summed E-state index contributed by atoms with van der Waals surface area (Å²) in [5, 5.41) is 23.1. The van der Waals surface area contributed by atoms with Crippen molar-refractivity contribution in [1.82, 2.24) is 5.32 Å². The van der Waals surface area contributed by atoms with Crippen LogP contribution < -0.4 is 5.32 Å². The van der Waals surface area contributed by atoms with Gasteiger partial charge in [0.1, 0.15) is 25.0 Å². The molecule has 0 radical (unpaired) electrons. The molecule has 0 fully saturated rings. The first-order valence-electron chi connectivity index (χ1n) is 12.7. The van der Waals surface area contributed by atoms with Crippen LogP contribution in [0.4, 0.5) is 10.5 Å². The number of non-ortho nitro benzene ring substituents is 1. The highest BCUT2D eigenvalue weighted by Crippen LogP contribution is 2.44. The Bertz CT molecular complexity index is 1490. The van der Waals surface area contributed by atoms with Crippen molar-refractivity contribution in [3.05, 3.63) is 129 Å². The number of carbonyl (C=O) groups excluding carboxylic acids is 2. The number of nitro groups is 1. The summed E-state index contributed by atoms with van der Waals surface area (Å²) in [6.45, 7) is -0.0428. The molecule has 1 aliphatic rings. The van der Waals surface area contributed by atoms with E-state index in [4.69, 9.17) is 9.47 Å². The van der Waals surface area contributed by atoms with E-state index >= 15 is 0 Å². The van der Waals surface area contributed by atoms with E-state index in [1.807, 2.05) is 48.5 Å². The minimum absolute atomic E-state index is 0.0720. The smallest absolute Gasteiger partial charge is 0.407 e. The molecule has 0 spiro atoms. The van der Waals surface area contributed by atoms with Crippen LogP contribution >= 0.6 is 0 Å². The first-order chi connectivity index (χ1) is 19.4. The lowest BCUT2D eigenvalue weighted by molar-refractivity contribution is -0.384. The summed E-state index contributed by atoms with van der Waals surface area (Å²) in [6, 6.07) is 26.8. The third kappa shape index (κ3) is 5.94. The van der Waals surface area contributed by atoms with Crippen LogP contribution in [-0.4, -0.2) is 34.7 Å². The highest BCUT2D eigenvalue weighted by Gasteiger charge is 2.30.